The predicted molar refractivity (Wildman–Crippen MR) is 176 cm³/mol. The lowest BCUT2D eigenvalue weighted by Gasteiger charge is -2.24. The van der Waals surface area contributed by atoms with Crippen LogP contribution in [0.25, 0.3) is 28.2 Å². The van der Waals surface area contributed by atoms with Gasteiger partial charge in [0.25, 0.3) is 0 Å². The lowest BCUT2D eigenvalue weighted by atomic mass is 9.88. The van der Waals surface area contributed by atoms with Crippen molar-refractivity contribution in [1.82, 2.24) is 14.5 Å². The summed E-state index contributed by atoms with van der Waals surface area (Å²) in [5.74, 6) is 1.28. The number of nitrogens with zero attached hydrogens (tertiary/aromatic N) is 4. The summed E-state index contributed by atoms with van der Waals surface area (Å²) in [5, 5.41) is 0. The van der Waals surface area contributed by atoms with E-state index in [-0.39, 0.29) is 17.7 Å². The van der Waals surface area contributed by atoms with Crippen LogP contribution in [0.5, 0.6) is 0 Å². The molecule has 5 heteroatoms. The number of hydrogen-bond donors (Lipinski definition) is 0. The van der Waals surface area contributed by atoms with Crippen LogP contribution in [0.15, 0.2) is 110 Å². The Hall–Kier alpha value is -4.64. The number of halogens is 1. The van der Waals surface area contributed by atoms with Gasteiger partial charge < -0.3 is 9.80 Å². The van der Waals surface area contributed by atoms with Crippen LogP contribution in [0.1, 0.15) is 61.8 Å². The summed E-state index contributed by atoms with van der Waals surface area (Å²) < 4.78 is 16.0. The van der Waals surface area contributed by atoms with E-state index in [2.05, 4.69) is 128 Å². The molecule has 0 N–H and O–H groups in total. The summed E-state index contributed by atoms with van der Waals surface area (Å²) in [6.07, 6.45) is 9.05. The Morgan fingerprint density at radius 2 is 1.42 bits per heavy atom. The molecule has 1 aliphatic rings. The molecule has 0 saturated heterocycles. The largest absolute Gasteiger partial charge is 0.361 e. The first-order chi connectivity index (χ1) is 20.8. The number of anilines is 1. The molecule has 0 atom stereocenters. The van der Waals surface area contributed by atoms with Crippen LogP contribution in [0.3, 0.4) is 0 Å². The fraction of sp³-hybridized carbons (Fsp3) is 0.237. The highest BCUT2D eigenvalue weighted by atomic mass is 19.1. The Morgan fingerprint density at radius 3 is 2.07 bits per heavy atom. The van der Waals surface area contributed by atoms with Gasteiger partial charge in [-0.05, 0) is 94.1 Å². The van der Waals surface area contributed by atoms with Crippen molar-refractivity contribution in [3.05, 3.63) is 138 Å². The summed E-state index contributed by atoms with van der Waals surface area (Å²) in [7, 11) is 2.09. The van der Waals surface area contributed by atoms with Crippen LogP contribution >= 0.6 is 0 Å². The van der Waals surface area contributed by atoms with Crippen LogP contribution in [-0.4, -0.2) is 28.2 Å². The van der Waals surface area contributed by atoms with E-state index < -0.39 is 0 Å². The third-order valence-corrected chi connectivity index (χ3v) is 8.18. The molecule has 0 amide bonds. The van der Waals surface area contributed by atoms with Gasteiger partial charge in [0.15, 0.2) is 0 Å². The smallest absolute Gasteiger partial charge is 0.144 e. The Bertz CT molecular complexity index is 1730. The van der Waals surface area contributed by atoms with Crippen molar-refractivity contribution in [2.45, 2.75) is 46.0 Å². The molecule has 1 aliphatic heterocycles. The molecule has 0 radical (unpaired) electrons. The van der Waals surface area contributed by atoms with Gasteiger partial charge in [-0.15, -0.1) is 0 Å². The van der Waals surface area contributed by atoms with E-state index in [0.29, 0.717) is 0 Å². The second-order valence-corrected chi connectivity index (χ2v) is 12.2. The highest BCUT2D eigenvalue weighted by Crippen LogP contribution is 2.38. The first-order valence-electron chi connectivity index (χ1n) is 15.1. The molecule has 4 aromatic carbocycles. The molecule has 0 saturated carbocycles. The topological polar surface area (TPSA) is 24.3 Å². The Kier molecular flexibility index (Phi) is 7.90. The van der Waals surface area contributed by atoms with Crippen molar-refractivity contribution >= 4 is 5.69 Å². The van der Waals surface area contributed by atoms with Crippen LogP contribution in [-0.2, 0) is 6.42 Å². The first kappa shape index (κ1) is 28.5. The quantitative estimate of drug-likeness (QED) is 0.186. The lowest BCUT2D eigenvalue weighted by Crippen LogP contribution is -2.21. The van der Waals surface area contributed by atoms with Crippen molar-refractivity contribution in [3.63, 3.8) is 0 Å². The molecule has 5 aromatic rings. The zero-order chi connectivity index (χ0) is 30.1. The van der Waals surface area contributed by atoms with Crippen molar-refractivity contribution in [2.75, 3.05) is 18.6 Å². The highest BCUT2D eigenvalue weighted by Gasteiger charge is 2.21. The van der Waals surface area contributed by atoms with E-state index in [9.17, 15) is 4.39 Å². The van der Waals surface area contributed by atoms with E-state index in [1.807, 2.05) is 18.3 Å². The Balaban J connectivity index is 1.37. The summed E-state index contributed by atoms with van der Waals surface area (Å²) in [6.45, 7) is 9.80. The minimum atomic E-state index is -0.219. The van der Waals surface area contributed by atoms with E-state index in [1.165, 1.54) is 45.8 Å². The first-order valence-corrected chi connectivity index (χ1v) is 15.1. The van der Waals surface area contributed by atoms with Gasteiger partial charge >= 0.3 is 0 Å². The maximum atomic E-state index is 13.7. The van der Waals surface area contributed by atoms with Crippen molar-refractivity contribution in [2.24, 2.45) is 0 Å². The fourth-order valence-electron chi connectivity index (χ4n) is 5.94. The maximum absolute atomic E-state index is 13.7. The number of rotatable bonds is 8. The van der Waals surface area contributed by atoms with Crippen molar-refractivity contribution < 1.29 is 4.39 Å². The average molecular weight is 571 g/mol. The van der Waals surface area contributed by atoms with Crippen LogP contribution in [0, 0.1) is 5.82 Å². The second kappa shape index (κ2) is 11.9. The minimum absolute atomic E-state index is 0.219. The fourth-order valence-corrected chi connectivity index (χ4v) is 5.94. The lowest BCUT2D eigenvalue weighted by molar-refractivity contribution is 0.495. The summed E-state index contributed by atoms with van der Waals surface area (Å²) >= 11 is 0. The molecular formula is C38H39FN4. The van der Waals surface area contributed by atoms with E-state index in [0.717, 1.165) is 35.6 Å². The number of hydrogen-bond acceptors (Lipinski definition) is 3. The minimum Gasteiger partial charge on any atom is -0.361 e. The van der Waals surface area contributed by atoms with Gasteiger partial charge in [0.05, 0.1) is 12.4 Å². The molecule has 2 heterocycles. The zero-order valence-electron chi connectivity index (χ0n) is 25.6. The number of aromatic nitrogens is 2. The summed E-state index contributed by atoms with van der Waals surface area (Å²) in [5.41, 5.74) is 10.6. The third kappa shape index (κ3) is 5.98. The molecular weight excluding hydrogens is 531 g/mol. The molecule has 0 spiro atoms. The zero-order valence-corrected chi connectivity index (χ0v) is 25.6. The van der Waals surface area contributed by atoms with Crippen molar-refractivity contribution in [3.8, 4) is 28.2 Å². The van der Waals surface area contributed by atoms with Crippen LogP contribution < -0.4 is 4.90 Å². The molecule has 43 heavy (non-hydrogen) atoms. The van der Waals surface area contributed by atoms with Gasteiger partial charge in [-0.2, -0.15) is 0 Å². The van der Waals surface area contributed by atoms with Crippen molar-refractivity contribution in [1.29, 1.82) is 0 Å². The van der Waals surface area contributed by atoms with Crippen LogP contribution in [0.2, 0.25) is 0 Å². The Labute approximate surface area is 254 Å². The third-order valence-electron chi connectivity index (χ3n) is 8.18. The maximum Gasteiger partial charge on any atom is 0.144 e. The molecule has 218 valence electrons. The highest BCUT2D eigenvalue weighted by molar-refractivity contribution is 5.71. The molecule has 0 bridgehead atoms. The number of benzene rings is 4. The normalized spacial score (nSPS) is 13.1. The van der Waals surface area contributed by atoms with E-state index in [1.54, 1.807) is 0 Å². The van der Waals surface area contributed by atoms with Gasteiger partial charge in [-0.25, -0.2) is 9.37 Å². The molecule has 1 aromatic heterocycles. The number of imidazole rings is 1. The van der Waals surface area contributed by atoms with Gasteiger partial charge in [-0.3, -0.25) is 4.57 Å². The molecule has 0 unspecified atom stereocenters. The van der Waals surface area contributed by atoms with E-state index in [4.69, 9.17) is 4.98 Å². The molecule has 0 fully saturated rings. The predicted octanol–water partition coefficient (Wildman–Crippen LogP) is 9.36. The van der Waals surface area contributed by atoms with Gasteiger partial charge in [-0.1, -0.05) is 70.2 Å². The van der Waals surface area contributed by atoms with Gasteiger partial charge in [0, 0.05) is 43.1 Å². The molecule has 4 nitrogen and oxygen atoms in total. The van der Waals surface area contributed by atoms with Gasteiger partial charge in [0.1, 0.15) is 11.6 Å². The summed E-state index contributed by atoms with van der Waals surface area (Å²) in [4.78, 5) is 9.31. The molecule has 6 rings (SSSR count). The van der Waals surface area contributed by atoms with Crippen LogP contribution in [0.4, 0.5) is 10.1 Å². The standard InChI is InChI=1S/C38H39FN4/c1-26(2)35-23-32(30-12-14-33(39)15-13-30)24-36(27(3)4)37(35)43-17-16-40-38(43)31-10-6-8-28(21-31)20-29-9-7-11-34(22-29)42-19-18-41(5)25-42/h6-19,21-24,26-27H,20,25H2,1-5H3. The average Bonchev–Trinajstić information content (AvgIpc) is 3.66. The Morgan fingerprint density at radius 1 is 0.744 bits per heavy atom. The van der Waals surface area contributed by atoms with Gasteiger partial charge in [0.2, 0.25) is 0 Å². The monoisotopic (exact) mass is 570 g/mol. The SMILES string of the molecule is CC(C)c1cc(-c2ccc(F)cc2)cc(C(C)C)c1-n1ccnc1-c1cccc(Cc2cccc(N3C=CN(C)C3)c2)c1. The summed E-state index contributed by atoms with van der Waals surface area (Å²) in [6, 6.07) is 28.9. The molecule has 0 aliphatic carbocycles. The van der Waals surface area contributed by atoms with E-state index >= 15 is 0 Å². The second-order valence-electron chi connectivity index (χ2n) is 12.2.